The van der Waals surface area contributed by atoms with E-state index < -0.39 is 0 Å². The minimum Gasteiger partial charge on any atom is -0.396 e. The maximum Gasteiger partial charge on any atom is 0.0571 e. The fourth-order valence-corrected chi connectivity index (χ4v) is 2.35. The Labute approximate surface area is 86.4 Å². The first-order valence-corrected chi connectivity index (χ1v) is 5.44. The fraction of sp³-hybridized carbons (Fsp3) is 1.00. The van der Waals surface area contributed by atoms with Crippen molar-refractivity contribution in [1.82, 2.24) is 0 Å². The van der Waals surface area contributed by atoms with Gasteiger partial charge in [0.15, 0.2) is 0 Å². The summed E-state index contributed by atoms with van der Waals surface area (Å²) in [7, 11) is 3.48. The molecule has 0 spiro atoms. The van der Waals surface area contributed by atoms with E-state index in [9.17, 15) is 5.11 Å². The molecule has 84 valence electrons. The van der Waals surface area contributed by atoms with Crippen molar-refractivity contribution in [1.29, 1.82) is 0 Å². The number of hydrogen-bond donors (Lipinski definition) is 1. The molecule has 0 radical (unpaired) electrons. The lowest BCUT2D eigenvalue weighted by atomic mass is 9.79. The third-order valence-corrected chi connectivity index (χ3v) is 3.33. The Morgan fingerprint density at radius 2 is 1.86 bits per heavy atom. The summed E-state index contributed by atoms with van der Waals surface area (Å²) in [6, 6.07) is 0. The molecule has 1 aliphatic carbocycles. The second-order valence-corrected chi connectivity index (χ2v) is 4.17. The fourth-order valence-electron chi connectivity index (χ4n) is 2.35. The van der Waals surface area contributed by atoms with Crippen LogP contribution in [0.15, 0.2) is 0 Å². The third kappa shape index (κ3) is 3.23. The van der Waals surface area contributed by atoms with Crippen LogP contribution in [0.5, 0.6) is 0 Å². The predicted molar refractivity (Wildman–Crippen MR) is 55.2 cm³/mol. The van der Waals surface area contributed by atoms with E-state index in [4.69, 9.17) is 9.47 Å². The summed E-state index contributed by atoms with van der Waals surface area (Å²) in [6.45, 7) is 0.926. The van der Waals surface area contributed by atoms with Gasteiger partial charge in [-0.25, -0.2) is 0 Å². The van der Waals surface area contributed by atoms with Gasteiger partial charge in [0.25, 0.3) is 0 Å². The quantitative estimate of drug-likeness (QED) is 0.733. The highest BCUT2D eigenvalue weighted by Crippen LogP contribution is 2.31. The van der Waals surface area contributed by atoms with Crippen LogP contribution in [0.1, 0.15) is 25.7 Å². The molecule has 3 nitrogen and oxygen atoms in total. The van der Waals surface area contributed by atoms with E-state index in [0.29, 0.717) is 24.5 Å². The van der Waals surface area contributed by atoms with Crippen LogP contribution in [0.25, 0.3) is 0 Å². The van der Waals surface area contributed by atoms with E-state index >= 15 is 0 Å². The van der Waals surface area contributed by atoms with Crippen LogP contribution in [0, 0.1) is 11.8 Å². The van der Waals surface area contributed by atoms with Gasteiger partial charge in [0.05, 0.1) is 12.7 Å². The van der Waals surface area contributed by atoms with Crippen molar-refractivity contribution in [2.45, 2.75) is 31.8 Å². The Morgan fingerprint density at radius 3 is 2.29 bits per heavy atom. The summed E-state index contributed by atoms with van der Waals surface area (Å²) >= 11 is 0. The second-order valence-electron chi connectivity index (χ2n) is 4.17. The number of hydrogen-bond acceptors (Lipinski definition) is 3. The molecule has 0 aromatic rings. The SMILES string of the molecule is COCC(CO)C1CCC(OC)CC1. The van der Waals surface area contributed by atoms with Crippen LogP contribution >= 0.6 is 0 Å². The molecule has 1 N–H and O–H groups in total. The average Bonchev–Trinajstić information content (AvgIpc) is 2.26. The van der Waals surface area contributed by atoms with E-state index in [1.54, 1.807) is 14.2 Å². The van der Waals surface area contributed by atoms with Crippen LogP contribution < -0.4 is 0 Å². The zero-order valence-electron chi connectivity index (χ0n) is 9.24. The van der Waals surface area contributed by atoms with Crippen molar-refractivity contribution < 1.29 is 14.6 Å². The van der Waals surface area contributed by atoms with Crippen LogP contribution in [-0.2, 0) is 9.47 Å². The summed E-state index contributed by atoms with van der Waals surface area (Å²) in [4.78, 5) is 0. The predicted octanol–water partition coefficient (Wildman–Crippen LogP) is 1.45. The van der Waals surface area contributed by atoms with Crippen LogP contribution in [0.4, 0.5) is 0 Å². The highest BCUT2D eigenvalue weighted by molar-refractivity contribution is 4.77. The molecular weight excluding hydrogens is 180 g/mol. The van der Waals surface area contributed by atoms with E-state index in [1.807, 2.05) is 0 Å². The molecule has 0 amide bonds. The minimum absolute atomic E-state index is 0.246. The third-order valence-electron chi connectivity index (χ3n) is 3.33. The smallest absolute Gasteiger partial charge is 0.0571 e. The number of aliphatic hydroxyl groups is 1. The highest BCUT2D eigenvalue weighted by Gasteiger charge is 2.26. The van der Waals surface area contributed by atoms with Gasteiger partial charge < -0.3 is 14.6 Å². The van der Waals surface area contributed by atoms with Gasteiger partial charge in [-0.05, 0) is 31.6 Å². The van der Waals surface area contributed by atoms with Gasteiger partial charge in [0, 0.05) is 26.7 Å². The normalized spacial score (nSPS) is 30.2. The molecule has 0 aromatic heterocycles. The molecule has 0 aromatic carbocycles. The standard InChI is InChI=1S/C11H22O3/c1-13-8-10(7-12)9-3-5-11(14-2)6-4-9/h9-12H,3-8H2,1-2H3. The molecule has 0 saturated heterocycles. The molecule has 1 saturated carbocycles. The van der Waals surface area contributed by atoms with E-state index in [0.717, 1.165) is 25.7 Å². The van der Waals surface area contributed by atoms with Gasteiger partial charge in [0.1, 0.15) is 0 Å². The molecule has 3 heteroatoms. The zero-order valence-corrected chi connectivity index (χ0v) is 9.24. The van der Waals surface area contributed by atoms with Crippen molar-refractivity contribution in [3.8, 4) is 0 Å². The molecule has 0 heterocycles. The van der Waals surface area contributed by atoms with E-state index in [2.05, 4.69) is 0 Å². The first-order chi connectivity index (χ1) is 6.81. The van der Waals surface area contributed by atoms with Crippen LogP contribution in [0.2, 0.25) is 0 Å². The van der Waals surface area contributed by atoms with E-state index in [-0.39, 0.29) is 6.61 Å². The molecule has 14 heavy (non-hydrogen) atoms. The van der Waals surface area contributed by atoms with Crippen LogP contribution in [-0.4, -0.2) is 38.6 Å². The molecule has 0 bridgehead atoms. The lowest BCUT2D eigenvalue weighted by Gasteiger charge is -2.32. The Kier molecular flexibility index (Phi) is 5.45. The van der Waals surface area contributed by atoms with Gasteiger partial charge in [-0.15, -0.1) is 0 Å². The summed E-state index contributed by atoms with van der Waals surface area (Å²) < 4.78 is 10.4. The molecule has 1 fully saturated rings. The van der Waals surface area contributed by atoms with E-state index in [1.165, 1.54) is 0 Å². The van der Waals surface area contributed by atoms with Gasteiger partial charge in [-0.2, -0.15) is 0 Å². The Bertz CT molecular complexity index is 141. The maximum absolute atomic E-state index is 9.22. The molecule has 1 atom stereocenters. The molecule has 1 aliphatic rings. The minimum atomic E-state index is 0.246. The van der Waals surface area contributed by atoms with Gasteiger partial charge in [-0.1, -0.05) is 0 Å². The molecular formula is C11H22O3. The van der Waals surface area contributed by atoms with Gasteiger partial charge >= 0.3 is 0 Å². The Balaban J connectivity index is 2.31. The molecule has 1 unspecified atom stereocenters. The molecule has 0 aliphatic heterocycles. The highest BCUT2D eigenvalue weighted by atomic mass is 16.5. The lowest BCUT2D eigenvalue weighted by Crippen LogP contribution is -2.29. The first kappa shape index (κ1) is 12.0. The monoisotopic (exact) mass is 202 g/mol. The van der Waals surface area contributed by atoms with Crippen molar-refractivity contribution in [3.05, 3.63) is 0 Å². The molecule has 1 rings (SSSR count). The van der Waals surface area contributed by atoms with Crippen LogP contribution in [0.3, 0.4) is 0 Å². The Hall–Kier alpha value is -0.120. The zero-order chi connectivity index (χ0) is 10.4. The van der Waals surface area contributed by atoms with Crippen molar-refractivity contribution >= 4 is 0 Å². The van der Waals surface area contributed by atoms with Gasteiger partial charge in [-0.3, -0.25) is 0 Å². The summed E-state index contributed by atoms with van der Waals surface area (Å²) in [6.07, 6.45) is 5.01. The Morgan fingerprint density at radius 1 is 1.21 bits per heavy atom. The number of ether oxygens (including phenoxy) is 2. The number of methoxy groups -OCH3 is 2. The lowest BCUT2D eigenvalue weighted by molar-refractivity contribution is 0.0172. The number of aliphatic hydroxyl groups excluding tert-OH is 1. The second kappa shape index (κ2) is 6.38. The summed E-state index contributed by atoms with van der Waals surface area (Å²) in [5, 5.41) is 9.22. The first-order valence-electron chi connectivity index (χ1n) is 5.44. The van der Waals surface area contributed by atoms with Crippen molar-refractivity contribution in [2.75, 3.05) is 27.4 Å². The maximum atomic E-state index is 9.22. The van der Waals surface area contributed by atoms with Crippen molar-refractivity contribution in [2.24, 2.45) is 11.8 Å². The van der Waals surface area contributed by atoms with Gasteiger partial charge in [0.2, 0.25) is 0 Å². The average molecular weight is 202 g/mol. The largest absolute Gasteiger partial charge is 0.396 e. The topological polar surface area (TPSA) is 38.7 Å². The summed E-state index contributed by atoms with van der Waals surface area (Å²) in [5.41, 5.74) is 0. The number of rotatable bonds is 5. The van der Waals surface area contributed by atoms with Crippen molar-refractivity contribution in [3.63, 3.8) is 0 Å². The summed E-state index contributed by atoms with van der Waals surface area (Å²) in [5.74, 6) is 0.934.